The summed E-state index contributed by atoms with van der Waals surface area (Å²) >= 11 is 6.82. The highest BCUT2D eigenvalue weighted by atomic mass is 35.5. The first-order valence-electron chi connectivity index (χ1n) is 12.5. The maximum absolute atomic E-state index is 12.6. The summed E-state index contributed by atoms with van der Waals surface area (Å²) < 4.78 is 23.3. The SMILES string of the molecule is NCC[C@H](O)C(=O)N[C@@H]1C[C@H](N)C(OC2=CCC[C@@H](CN)O2)C(Cl)[C@H]1O[C@H]1OC(CO)[C@H](O)[C@H](N)C1O. The second-order valence-corrected chi connectivity index (χ2v) is 10.1. The van der Waals surface area contributed by atoms with E-state index >= 15 is 0 Å². The largest absolute Gasteiger partial charge is 0.461 e. The van der Waals surface area contributed by atoms with Crippen molar-refractivity contribution in [1.29, 1.82) is 0 Å². The molecule has 0 aromatic carbocycles. The number of allylic oxidation sites excluding steroid dienone is 1. The van der Waals surface area contributed by atoms with Gasteiger partial charge in [0.05, 0.1) is 18.7 Å². The topological polar surface area (TPSA) is 251 Å². The van der Waals surface area contributed by atoms with Gasteiger partial charge in [-0.15, -0.1) is 11.6 Å². The lowest BCUT2D eigenvalue weighted by Gasteiger charge is -2.47. The molecule has 1 saturated heterocycles. The normalized spacial score (nSPS) is 41.3. The van der Waals surface area contributed by atoms with E-state index < -0.39 is 78.9 Å². The standard InChI is InChI=1S/C22H40ClN5O9/c23-15-19(36-14-3-1-2-9(7-25)34-14)10(26)6-11(28-21(33)12(30)4-5-24)20(15)37-22-18(32)16(27)17(31)13(8-29)35-22/h3,9-13,15-20,22,29-32H,1-2,4-8,24-27H2,(H,28,33)/t9-,10-,11+,12-,13?,15?,16-,17-,18?,19?,20-,22+/m0/s1. The maximum Gasteiger partial charge on any atom is 0.275 e. The zero-order valence-corrected chi connectivity index (χ0v) is 21.2. The Labute approximate surface area is 220 Å². The zero-order chi connectivity index (χ0) is 27.3. The molecule has 1 aliphatic carbocycles. The molecule has 0 radical (unpaired) electrons. The summed E-state index contributed by atoms with van der Waals surface area (Å²) in [6, 6.07) is -2.70. The molecule has 1 amide bonds. The third-order valence-electron chi connectivity index (χ3n) is 6.87. The Bertz CT molecular complexity index is 781. The first-order chi connectivity index (χ1) is 17.6. The van der Waals surface area contributed by atoms with Gasteiger partial charge in [0, 0.05) is 12.6 Å². The molecule has 0 aromatic heterocycles. The van der Waals surface area contributed by atoms with Crippen molar-refractivity contribution < 1.29 is 44.2 Å². The Morgan fingerprint density at radius 3 is 2.62 bits per heavy atom. The van der Waals surface area contributed by atoms with Gasteiger partial charge >= 0.3 is 0 Å². The van der Waals surface area contributed by atoms with Gasteiger partial charge in [-0.25, -0.2) is 0 Å². The summed E-state index contributed by atoms with van der Waals surface area (Å²) in [5.74, 6) is -0.471. The summed E-state index contributed by atoms with van der Waals surface area (Å²) in [7, 11) is 0. The van der Waals surface area contributed by atoms with Gasteiger partial charge in [-0.2, -0.15) is 0 Å². The van der Waals surface area contributed by atoms with Gasteiger partial charge in [0.15, 0.2) is 6.29 Å². The van der Waals surface area contributed by atoms with Crippen molar-refractivity contribution in [1.82, 2.24) is 5.32 Å². The number of aliphatic hydroxyl groups is 4. The fourth-order valence-electron chi connectivity index (χ4n) is 4.66. The van der Waals surface area contributed by atoms with Crippen LogP contribution in [0.15, 0.2) is 12.0 Å². The Kier molecular flexibility index (Phi) is 11.2. The number of alkyl halides is 1. The number of nitrogens with one attached hydrogen (secondary N) is 1. The number of amides is 1. The van der Waals surface area contributed by atoms with E-state index in [1.807, 2.05) is 0 Å². The van der Waals surface area contributed by atoms with Gasteiger partial charge in [-0.05, 0) is 38.3 Å². The molecule has 4 unspecified atom stereocenters. The van der Waals surface area contributed by atoms with Gasteiger partial charge in [-0.1, -0.05) is 0 Å². The average Bonchev–Trinajstić information content (AvgIpc) is 2.88. The smallest absolute Gasteiger partial charge is 0.275 e. The first kappa shape index (κ1) is 30.2. The number of halogens is 1. The minimum absolute atomic E-state index is 0.0370. The van der Waals surface area contributed by atoms with Crippen LogP contribution in [0.25, 0.3) is 0 Å². The average molecular weight is 554 g/mol. The Hall–Kier alpha value is -1.30. The highest BCUT2D eigenvalue weighted by molar-refractivity contribution is 6.21. The predicted octanol–water partition coefficient (Wildman–Crippen LogP) is -3.96. The van der Waals surface area contributed by atoms with E-state index in [1.54, 1.807) is 6.08 Å². The van der Waals surface area contributed by atoms with E-state index in [0.29, 0.717) is 13.0 Å². The first-order valence-corrected chi connectivity index (χ1v) is 12.9. The fourth-order valence-corrected chi connectivity index (χ4v) is 5.13. The summed E-state index contributed by atoms with van der Waals surface area (Å²) in [5, 5.41) is 42.1. The van der Waals surface area contributed by atoms with Crippen molar-refractivity contribution in [2.75, 3.05) is 19.7 Å². The molecule has 214 valence electrons. The summed E-state index contributed by atoms with van der Waals surface area (Å²) in [6.07, 6.45) is -5.48. The third-order valence-corrected chi connectivity index (χ3v) is 7.37. The summed E-state index contributed by atoms with van der Waals surface area (Å²) in [4.78, 5) is 12.6. The third kappa shape index (κ3) is 7.22. The van der Waals surface area contributed by atoms with Crippen molar-refractivity contribution >= 4 is 17.5 Å². The predicted molar refractivity (Wildman–Crippen MR) is 131 cm³/mol. The number of ether oxygens (including phenoxy) is 4. The number of hydrogen-bond acceptors (Lipinski definition) is 13. The van der Waals surface area contributed by atoms with Crippen LogP contribution in [0.3, 0.4) is 0 Å². The molecule has 15 heteroatoms. The maximum atomic E-state index is 12.6. The van der Waals surface area contributed by atoms with Gasteiger partial charge in [0.1, 0.15) is 48.1 Å². The molecule has 2 fully saturated rings. The van der Waals surface area contributed by atoms with E-state index in [-0.39, 0.29) is 31.4 Å². The van der Waals surface area contributed by atoms with Crippen LogP contribution in [-0.4, -0.2) is 119 Å². The Morgan fingerprint density at radius 1 is 1.24 bits per heavy atom. The van der Waals surface area contributed by atoms with Gasteiger partial charge < -0.3 is 67.6 Å². The fraction of sp³-hybridized carbons (Fsp3) is 0.864. The van der Waals surface area contributed by atoms with Crippen molar-refractivity contribution in [3.05, 3.63) is 12.0 Å². The molecular weight excluding hydrogens is 514 g/mol. The van der Waals surface area contributed by atoms with Crippen LogP contribution < -0.4 is 28.3 Å². The van der Waals surface area contributed by atoms with Gasteiger partial charge in [0.2, 0.25) is 5.91 Å². The van der Waals surface area contributed by atoms with Crippen LogP contribution in [0.2, 0.25) is 0 Å². The molecule has 37 heavy (non-hydrogen) atoms. The van der Waals surface area contributed by atoms with Crippen LogP contribution in [0.4, 0.5) is 0 Å². The Morgan fingerprint density at radius 2 is 1.97 bits per heavy atom. The minimum Gasteiger partial charge on any atom is -0.461 e. The quantitative estimate of drug-likeness (QED) is 0.117. The monoisotopic (exact) mass is 553 g/mol. The number of rotatable bonds is 10. The van der Waals surface area contributed by atoms with E-state index in [4.69, 9.17) is 53.5 Å². The van der Waals surface area contributed by atoms with E-state index in [1.165, 1.54) is 0 Å². The highest BCUT2D eigenvalue weighted by Gasteiger charge is 2.50. The second kappa shape index (κ2) is 13.7. The number of aliphatic hydroxyl groups excluding tert-OH is 4. The van der Waals surface area contributed by atoms with E-state index in [2.05, 4.69) is 5.32 Å². The number of hydrogen-bond donors (Lipinski definition) is 9. The molecular formula is C22H40ClN5O9. The number of nitrogens with two attached hydrogens (primary N) is 4. The van der Waals surface area contributed by atoms with Crippen LogP contribution in [0.1, 0.15) is 25.7 Å². The number of carbonyl (C=O) groups excluding carboxylic acids is 1. The molecule has 0 spiro atoms. The minimum atomic E-state index is -1.48. The lowest BCUT2D eigenvalue weighted by molar-refractivity contribution is -0.294. The van der Waals surface area contributed by atoms with Gasteiger partial charge in [-0.3, -0.25) is 4.79 Å². The number of carbonyl (C=O) groups is 1. The lowest BCUT2D eigenvalue weighted by Crippen LogP contribution is -2.67. The van der Waals surface area contributed by atoms with Crippen molar-refractivity contribution in [3.63, 3.8) is 0 Å². The van der Waals surface area contributed by atoms with Crippen molar-refractivity contribution in [3.8, 4) is 0 Å². The molecule has 14 nitrogen and oxygen atoms in total. The molecule has 0 bridgehead atoms. The Balaban J connectivity index is 1.82. The highest BCUT2D eigenvalue weighted by Crippen LogP contribution is 2.34. The molecule has 2 aliphatic heterocycles. The van der Waals surface area contributed by atoms with Crippen LogP contribution in [-0.2, 0) is 23.7 Å². The molecule has 3 rings (SSSR count). The second-order valence-electron chi connectivity index (χ2n) is 9.60. The molecule has 1 saturated carbocycles. The van der Waals surface area contributed by atoms with Crippen molar-refractivity contribution in [2.24, 2.45) is 22.9 Å². The lowest BCUT2D eigenvalue weighted by atomic mass is 9.85. The summed E-state index contributed by atoms with van der Waals surface area (Å²) in [6.45, 7) is -0.176. The molecule has 2 heterocycles. The van der Waals surface area contributed by atoms with Crippen molar-refractivity contribution in [2.45, 2.75) is 98.2 Å². The zero-order valence-electron chi connectivity index (χ0n) is 20.5. The summed E-state index contributed by atoms with van der Waals surface area (Å²) in [5.41, 5.74) is 23.5. The van der Waals surface area contributed by atoms with Gasteiger partial charge in [0.25, 0.3) is 5.95 Å². The molecule has 0 aromatic rings. The van der Waals surface area contributed by atoms with E-state index in [0.717, 1.165) is 6.42 Å². The van der Waals surface area contributed by atoms with Crippen LogP contribution in [0.5, 0.6) is 0 Å². The van der Waals surface area contributed by atoms with E-state index in [9.17, 15) is 25.2 Å². The van der Waals surface area contributed by atoms with Crippen LogP contribution in [0, 0.1) is 0 Å². The molecule has 3 aliphatic rings. The molecule has 13 N–H and O–H groups in total. The molecule has 12 atom stereocenters. The van der Waals surface area contributed by atoms with Crippen LogP contribution >= 0.6 is 11.6 Å².